The standard InChI is InChI=1S/C22H20F2N2O5S/c23-22(24,20(29)26-12-32-10-18(26)19(27)28)11-25-21(30)31-9-17-15-7-3-1-5-13(15)14-6-2-4-8-16(14)17/h1-8,17-18H,9-12H2,(H,25,30)(H,27,28). The Morgan fingerprint density at radius 3 is 2.28 bits per heavy atom. The maximum absolute atomic E-state index is 14.3. The second kappa shape index (κ2) is 8.78. The minimum Gasteiger partial charge on any atom is -0.480 e. The predicted molar refractivity (Wildman–Crippen MR) is 114 cm³/mol. The van der Waals surface area contributed by atoms with Gasteiger partial charge in [0, 0.05) is 11.7 Å². The van der Waals surface area contributed by atoms with E-state index in [1.54, 1.807) is 0 Å². The molecule has 2 aliphatic rings. The van der Waals surface area contributed by atoms with Crippen LogP contribution in [0.1, 0.15) is 17.0 Å². The van der Waals surface area contributed by atoms with Crippen molar-refractivity contribution >= 4 is 29.7 Å². The number of fused-ring (bicyclic) bond motifs is 3. The van der Waals surface area contributed by atoms with Crippen LogP contribution in [0.15, 0.2) is 48.5 Å². The number of hydrogen-bond acceptors (Lipinski definition) is 5. The second-order valence-electron chi connectivity index (χ2n) is 7.51. The van der Waals surface area contributed by atoms with Crippen molar-refractivity contribution in [3.8, 4) is 11.1 Å². The SMILES string of the molecule is O=C(NCC(F)(F)C(=O)N1CSCC1C(=O)O)OCC1c2ccccc2-c2ccccc21. The van der Waals surface area contributed by atoms with Crippen molar-refractivity contribution in [1.82, 2.24) is 10.2 Å². The Hall–Kier alpha value is -3.14. The van der Waals surface area contributed by atoms with E-state index in [1.165, 1.54) is 0 Å². The number of rotatable bonds is 6. The van der Waals surface area contributed by atoms with Gasteiger partial charge in [0.1, 0.15) is 12.6 Å². The van der Waals surface area contributed by atoms with Gasteiger partial charge < -0.3 is 20.1 Å². The first-order valence-corrected chi connectivity index (χ1v) is 11.0. The van der Waals surface area contributed by atoms with Crippen LogP contribution in [0.5, 0.6) is 0 Å². The van der Waals surface area contributed by atoms with Crippen LogP contribution < -0.4 is 5.32 Å². The summed E-state index contributed by atoms with van der Waals surface area (Å²) < 4.78 is 33.9. The highest BCUT2D eigenvalue weighted by molar-refractivity contribution is 7.99. The molecule has 7 nitrogen and oxygen atoms in total. The summed E-state index contributed by atoms with van der Waals surface area (Å²) in [5.41, 5.74) is 4.03. The molecule has 4 rings (SSSR count). The fourth-order valence-corrected chi connectivity index (χ4v) is 5.11. The molecule has 1 heterocycles. The Morgan fingerprint density at radius 1 is 1.09 bits per heavy atom. The quantitative estimate of drug-likeness (QED) is 0.685. The zero-order valence-corrected chi connectivity index (χ0v) is 17.6. The molecule has 1 aliphatic carbocycles. The minimum absolute atomic E-state index is 0.0387. The van der Waals surface area contributed by atoms with E-state index in [9.17, 15) is 23.2 Å². The number of alkyl carbamates (subject to hydrolysis) is 1. The molecule has 0 aromatic heterocycles. The van der Waals surface area contributed by atoms with Crippen LogP contribution in [-0.4, -0.2) is 64.7 Å². The number of alkyl halides is 2. The molecule has 0 bridgehead atoms. The van der Waals surface area contributed by atoms with Gasteiger partial charge in [0.15, 0.2) is 0 Å². The molecule has 1 atom stereocenters. The molecule has 0 radical (unpaired) electrons. The van der Waals surface area contributed by atoms with Gasteiger partial charge in [-0.2, -0.15) is 8.78 Å². The molecule has 32 heavy (non-hydrogen) atoms. The molecular weight excluding hydrogens is 442 g/mol. The van der Waals surface area contributed by atoms with E-state index >= 15 is 0 Å². The molecule has 1 aliphatic heterocycles. The third-order valence-electron chi connectivity index (χ3n) is 5.54. The Labute approximate surface area is 186 Å². The Morgan fingerprint density at radius 2 is 1.69 bits per heavy atom. The van der Waals surface area contributed by atoms with Crippen molar-refractivity contribution in [3.63, 3.8) is 0 Å². The summed E-state index contributed by atoms with van der Waals surface area (Å²) in [5, 5.41) is 11.0. The number of carboxylic acid groups (broad SMARTS) is 1. The molecule has 2 amide bonds. The maximum Gasteiger partial charge on any atom is 0.407 e. The maximum atomic E-state index is 14.3. The first-order chi connectivity index (χ1) is 15.3. The van der Waals surface area contributed by atoms with Crippen molar-refractivity contribution in [3.05, 3.63) is 59.7 Å². The van der Waals surface area contributed by atoms with Gasteiger partial charge in [-0.1, -0.05) is 48.5 Å². The topological polar surface area (TPSA) is 95.9 Å². The third kappa shape index (κ3) is 4.14. The van der Waals surface area contributed by atoms with Gasteiger partial charge in [-0.3, -0.25) is 4.79 Å². The molecule has 1 unspecified atom stereocenters. The van der Waals surface area contributed by atoms with Crippen LogP contribution in [0, 0.1) is 0 Å². The summed E-state index contributed by atoms with van der Waals surface area (Å²) >= 11 is 1.08. The number of amides is 2. The van der Waals surface area contributed by atoms with Crippen LogP contribution in [0.4, 0.5) is 13.6 Å². The lowest BCUT2D eigenvalue weighted by molar-refractivity contribution is -0.162. The van der Waals surface area contributed by atoms with Crippen molar-refractivity contribution in [2.24, 2.45) is 0 Å². The molecule has 0 spiro atoms. The molecule has 0 saturated carbocycles. The van der Waals surface area contributed by atoms with E-state index in [1.807, 2.05) is 53.8 Å². The van der Waals surface area contributed by atoms with E-state index in [0.717, 1.165) is 34.0 Å². The van der Waals surface area contributed by atoms with Crippen molar-refractivity contribution in [1.29, 1.82) is 0 Å². The van der Waals surface area contributed by atoms with Gasteiger partial charge in [0.2, 0.25) is 0 Å². The number of nitrogens with zero attached hydrogens (tertiary/aromatic N) is 1. The van der Waals surface area contributed by atoms with Gasteiger partial charge in [-0.05, 0) is 22.3 Å². The number of ether oxygens (including phenoxy) is 1. The van der Waals surface area contributed by atoms with Gasteiger partial charge in [0.05, 0.1) is 12.4 Å². The third-order valence-corrected chi connectivity index (χ3v) is 6.55. The van der Waals surface area contributed by atoms with E-state index < -0.39 is 36.5 Å². The molecular formula is C22H20F2N2O5S. The van der Waals surface area contributed by atoms with Crippen LogP contribution in [0.25, 0.3) is 11.1 Å². The Balaban J connectivity index is 1.36. The number of nitrogens with one attached hydrogen (secondary N) is 1. The van der Waals surface area contributed by atoms with Crippen molar-refractivity contribution < 1.29 is 33.0 Å². The molecule has 1 saturated heterocycles. The predicted octanol–water partition coefficient (Wildman–Crippen LogP) is 3.15. The zero-order chi connectivity index (χ0) is 22.9. The Kier molecular flexibility index (Phi) is 6.05. The van der Waals surface area contributed by atoms with E-state index in [0.29, 0.717) is 4.90 Å². The second-order valence-corrected chi connectivity index (χ2v) is 8.51. The smallest absolute Gasteiger partial charge is 0.407 e. The summed E-state index contributed by atoms with van der Waals surface area (Å²) in [5.74, 6) is -7.26. The molecule has 2 aromatic rings. The first kappa shape index (κ1) is 22.1. The lowest BCUT2D eigenvalue weighted by Gasteiger charge is -2.25. The zero-order valence-electron chi connectivity index (χ0n) is 16.8. The molecule has 1 fully saturated rings. The number of carbonyl (C=O) groups excluding carboxylic acids is 2. The average Bonchev–Trinajstić information content (AvgIpc) is 3.39. The van der Waals surface area contributed by atoms with Gasteiger partial charge in [-0.25, -0.2) is 9.59 Å². The largest absolute Gasteiger partial charge is 0.480 e. The first-order valence-electron chi connectivity index (χ1n) is 9.88. The lowest BCUT2D eigenvalue weighted by Crippen LogP contribution is -2.53. The highest BCUT2D eigenvalue weighted by Crippen LogP contribution is 2.44. The summed E-state index contributed by atoms with van der Waals surface area (Å²) in [6.45, 7) is -1.33. The van der Waals surface area contributed by atoms with E-state index in [2.05, 4.69) is 0 Å². The average molecular weight is 462 g/mol. The number of carboxylic acids is 1. The molecule has 2 N–H and O–H groups in total. The fourth-order valence-electron chi connectivity index (χ4n) is 3.97. The van der Waals surface area contributed by atoms with Crippen molar-refractivity contribution in [2.75, 3.05) is 24.8 Å². The van der Waals surface area contributed by atoms with Crippen LogP contribution in [0.3, 0.4) is 0 Å². The van der Waals surface area contributed by atoms with E-state index in [-0.39, 0.29) is 24.2 Å². The van der Waals surface area contributed by atoms with Crippen LogP contribution in [0.2, 0.25) is 0 Å². The van der Waals surface area contributed by atoms with Gasteiger partial charge >= 0.3 is 18.0 Å². The number of hydrogen-bond donors (Lipinski definition) is 2. The highest BCUT2D eigenvalue weighted by Gasteiger charge is 2.47. The summed E-state index contributed by atoms with van der Waals surface area (Å²) in [4.78, 5) is 36.0. The molecule has 168 valence electrons. The number of benzene rings is 2. The number of halogens is 2. The Bertz CT molecular complexity index is 1020. The van der Waals surface area contributed by atoms with Crippen molar-refractivity contribution in [2.45, 2.75) is 17.9 Å². The highest BCUT2D eigenvalue weighted by atomic mass is 32.2. The van der Waals surface area contributed by atoms with Gasteiger partial charge in [-0.15, -0.1) is 11.8 Å². The normalized spacial score (nSPS) is 17.6. The minimum atomic E-state index is -3.95. The molecule has 10 heteroatoms. The number of thioether (sulfide) groups is 1. The van der Waals surface area contributed by atoms with Crippen LogP contribution >= 0.6 is 11.8 Å². The number of aliphatic carboxylic acids is 1. The fraction of sp³-hybridized carbons (Fsp3) is 0.318. The summed E-state index contributed by atoms with van der Waals surface area (Å²) in [6, 6.07) is 14.1. The molecule has 2 aromatic carbocycles. The lowest BCUT2D eigenvalue weighted by atomic mass is 9.98. The monoisotopic (exact) mass is 462 g/mol. The number of carbonyl (C=O) groups is 3. The van der Waals surface area contributed by atoms with Gasteiger partial charge in [0.25, 0.3) is 5.91 Å². The van der Waals surface area contributed by atoms with Crippen LogP contribution in [-0.2, 0) is 14.3 Å². The summed E-state index contributed by atoms with van der Waals surface area (Å²) in [6.07, 6.45) is -1.08. The summed E-state index contributed by atoms with van der Waals surface area (Å²) in [7, 11) is 0. The van der Waals surface area contributed by atoms with E-state index in [4.69, 9.17) is 9.84 Å².